The molecule has 1 heterocycles. The summed E-state index contributed by atoms with van der Waals surface area (Å²) in [4.78, 5) is 0. The molecule has 0 radical (unpaired) electrons. The lowest BCUT2D eigenvalue weighted by Crippen LogP contribution is -2.13. The number of aromatic hydroxyl groups is 1. The van der Waals surface area contributed by atoms with Crippen LogP contribution in [0.2, 0.25) is 0 Å². The maximum atomic E-state index is 9.62. The Hall–Kier alpha value is -1.52. The van der Waals surface area contributed by atoms with Crippen LogP contribution in [-0.4, -0.2) is 14.9 Å². The summed E-state index contributed by atoms with van der Waals surface area (Å²) in [7, 11) is 0. The summed E-state index contributed by atoms with van der Waals surface area (Å²) in [6.45, 7) is 5.55. The SMILES string of the molecule is CC(C)n1ccc(CNCc2ccccc2O)n1.Cl. The van der Waals surface area contributed by atoms with Gasteiger partial charge in [-0.05, 0) is 26.0 Å². The van der Waals surface area contributed by atoms with Gasteiger partial charge in [-0.1, -0.05) is 18.2 Å². The van der Waals surface area contributed by atoms with Crippen molar-refractivity contribution in [3.63, 3.8) is 0 Å². The van der Waals surface area contributed by atoms with Crippen molar-refractivity contribution in [2.24, 2.45) is 0 Å². The fourth-order valence-corrected chi connectivity index (χ4v) is 1.74. The van der Waals surface area contributed by atoms with Crippen LogP contribution in [0, 0.1) is 0 Å². The van der Waals surface area contributed by atoms with Gasteiger partial charge >= 0.3 is 0 Å². The summed E-state index contributed by atoms with van der Waals surface area (Å²) < 4.78 is 1.94. The molecule has 0 aliphatic rings. The number of phenols is 1. The van der Waals surface area contributed by atoms with Crippen LogP contribution in [0.5, 0.6) is 5.75 Å². The van der Waals surface area contributed by atoms with E-state index in [2.05, 4.69) is 24.3 Å². The normalized spacial score (nSPS) is 10.5. The summed E-state index contributed by atoms with van der Waals surface area (Å²) >= 11 is 0. The molecule has 0 aliphatic heterocycles. The van der Waals surface area contributed by atoms with E-state index in [1.165, 1.54) is 0 Å². The molecule has 19 heavy (non-hydrogen) atoms. The maximum absolute atomic E-state index is 9.62. The summed E-state index contributed by atoms with van der Waals surface area (Å²) in [5.41, 5.74) is 1.92. The van der Waals surface area contributed by atoms with E-state index in [0.29, 0.717) is 24.9 Å². The van der Waals surface area contributed by atoms with Gasteiger partial charge in [-0.2, -0.15) is 5.10 Å². The minimum absolute atomic E-state index is 0. The van der Waals surface area contributed by atoms with Crippen LogP contribution < -0.4 is 5.32 Å². The molecular formula is C14H20ClN3O. The second-order valence-corrected chi connectivity index (χ2v) is 4.61. The number of phenolic OH excluding ortho intramolecular Hbond substituents is 1. The van der Waals surface area contributed by atoms with E-state index in [-0.39, 0.29) is 12.4 Å². The Morgan fingerprint density at radius 3 is 2.58 bits per heavy atom. The third kappa shape index (κ3) is 4.26. The van der Waals surface area contributed by atoms with Gasteiger partial charge in [0.2, 0.25) is 0 Å². The molecule has 0 saturated carbocycles. The zero-order valence-corrected chi connectivity index (χ0v) is 12.0. The summed E-state index contributed by atoms with van der Waals surface area (Å²) in [6, 6.07) is 9.75. The molecule has 4 nitrogen and oxygen atoms in total. The van der Waals surface area contributed by atoms with E-state index in [1.807, 2.05) is 35.1 Å². The molecule has 1 aromatic carbocycles. The third-order valence-corrected chi connectivity index (χ3v) is 2.81. The van der Waals surface area contributed by atoms with E-state index < -0.39 is 0 Å². The van der Waals surface area contributed by atoms with Crippen LogP contribution in [0.25, 0.3) is 0 Å². The van der Waals surface area contributed by atoms with E-state index in [0.717, 1.165) is 11.3 Å². The van der Waals surface area contributed by atoms with Crippen molar-refractivity contribution in [2.75, 3.05) is 0 Å². The Labute approximate surface area is 119 Å². The van der Waals surface area contributed by atoms with Crippen molar-refractivity contribution in [2.45, 2.75) is 33.0 Å². The Morgan fingerprint density at radius 2 is 1.95 bits per heavy atom. The van der Waals surface area contributed by atoms with Crippen LogP contribution in [-0.2, 0) is 13.1 Å². The molecule has 1 aromatic heterocycles. The topological polar surface area (TPSA) is 50.1 Å². The predicted molar refractivity (Wildman–Crippen MR) is 78.5 cm³/mol. The summed E-state index contributed by atoms with van der Waals surface area (Å²) in [5, 5.41) is 17.4. The van der Waals surface area contributed by atoms with E-state index in [9.17, 15) is 5.11 Å². The average Bonchev–Trinajstić information content (AvgIpc) is 2.80. The zero-order chi connectivity index (χ0) is 13.0. The van der Waals surface area contributed by atoms with Crippen molar-refractivity contribution in [1.82, 2.24) is 15.1 Å². The number of benzene rings is 1. The first-order valence-electron chi connectivity index (χ1n) is 6.18. The zero-order valence-electron chi connectivity index (χ0n) is 11.2. The van der Waals surface area contributed by atoms with E-state index >= 15 is 0 Å². The lowest BCUT2D eigenvalue weighted by atomic mass is 10.2. The Bertz CT molecular complexity index is 511. The highest BCUT2D eigenvalue weighted by Gasteiger charge is 2.03. The quantitative estimate of drug-likeness (QED) is 0.886. The standard InChI is InChI=1S/C14H19N3O.ClH/c1-11(2)17-8-7-13(16-17)10-15-9-12-5-3-4-6-14(12)18;/h3-8,11,15,18H,9-10H2,1-2H3;1H. The van der Waals surface area contributed by atoms with Crippen LogP contribution in [0.3, 0.4) is 0 Å². The van der Waals surface area contributed by atoms with Crippen molar-refractivity contribution in [3.8, 4) is 5.75 Å². The number of halogens is 1. The molecule has 2 aromatic rings. The van der Waals surface area contributed by atoms with Crippen molar-refractivity contribution in [1.29, 1.82) is 0 Å². The van der Waals surface area contributed by atoms with Gasteiger partial charge in [0.1, 0.15) is 5.75 Å². The van der Waals surface area contributed by atoms with Gasteiger partial charge in [0.25, 0.3) is 0 Å². The molecule has 0 bridgehead atoms. The summed E-state index contributed by atoms with van der Waals surface area (Å²) in [5.74, 6) is 0.331. The lowest BCUT2D eigenvalue weighted by Gasteiger charge is -2.06. The highest BCUT2D eigenvalue weighted by Crippen LogP contribution is 2.15. The van der Waals surface area contributed by atoms with Crippen LogP contribution >= 0.6 is 12.4 Å². The Balaban J connectivity index is 0.00000180. The molecule has 2 N–H and O–H groups in total. The molecule has 0 amide bonds. The highest BCUT2D eigenvalue weighted by atomic mass is 35.5. The number of nitrogens with zero attached hydrogens (tertiary/aromatic N) is 2. The predicted octanol–water partition coefficient (Wildman–Crippen LogP) is 2.88. The van der Waals surface area contributed by atoms with E-state index in [1.54, 1.807) is 6.07 Å². The minimum Gasteiger partial charge on any atom is -0.508 e. The van der Waals surface area contributed by atoms with Gasteiger partial charge in [-0.15, -0.1) is 12.4 Å². The van der Waals surface area contributed by atoms with Crippen molar-refractivity contribution < 1.29 is 5.11 Å². The molecule has 0 aliphatic carbocycles. The van der Waals surface area contributed by atoms with Gasteiger partial charge in [0, 0.05) is 30.9 Å². The molecular weight excluding hydrogens is 262 g/mol. The van der Waals surface area contributed by atoms with Gasteiger partial charge in [-0.3, -0.25) is 4.68 Å². The molecule has 0 saturated heterocycles. The molecule has 5 heteroatoms. The van der Waals surface area contributed by atoms with Crippen LogP contribution in [0.1, 0.15) is 31.1 Å². The van der Waals surface area contributed by atoms with Gasteiger partial charge in [0.15, 0.2) is 0 Å². The molecule has 0 fully saturated rings. The Morgan fingerprint density at radius 1 is 1.21 bits per heavy atom. The second-order valence-electron chi connectivity index (χ2n) is 4.61. The molecule has 104 valence electrons. The smallest absolute Gasteiger partial charge is 0.120 e. The number of hydrogen-bond donors (Lipinski definition) is 2. The first kappa shape index (κ1) is 15.5. The first-order chi connectivity index (χ1) is 8.66. The van der Waals surface area contributed by atoms with Crippen LogP contribution in [0.15, 0.2) is 36.5 Å². The molecule has 2 rings (SSSR count). The Kier molecular flexibility index (Phi) is 5.86. The van der Waals surface area contributed by atoms with Crippen molar-refractivity contribution in [3.05, 3.63) is 47.8 Å². The maximum Gasteiger partial charge on any atom is 0.120 e. The molecule has 0 spiro atoms. The highest BCUT2D eigenvalue weighted by molar-refractivity contribution is 5.85. The van der Waals surface area contributed by atoms with Crippen molar-refractivity contribution >= 4 is 12.4 Å². The number of rotatable bonds is 5. The first-order valence-corrected chi connectivity index (χ1v) is 6.18. The van der Waals surface area contributed by atoms with Gasteiger partial charge in [0.05, 0.1) is 5.69 Å². The van der Waals surface area contributed by atoms with Crippen LogP contribution in [0.4, 0.5) is 0 Å². The second kappa shape index (κ2) is 7.16. The minimum atomic E-state index is 0. The number of hydrogen-bond acceptors (Lipinski definition) is 3. The van der Waals surface area contributed by atoms with Gasteiger partial charge < -0.3 is 10.4 Å². The lowest BCUT2D eigenvalue weighted by molar-refractivity contribution is 0.464. The molecule has 0 unspecified atom stereocenters. The monoisotopic (exact) mass is 281 g/mol. The molecule has 0 atom stereocenters. The summed E-state index contributed by atoms with van der Waals surface area (Å²) in [6.07, 6.45) is 1.99. The average molecular weight is 282 g/mol. The fourth-order valence-electron chi connectivity index (χ4n) is 1.74. The third-order valence-electron chi connectivity index (χ3n) is 2.81. The van der Waals surface area contributed by atoms with Gasteiger partial charge in [-0.25, -0.2) is 0 Å². The fraction of sp³-hybridized carbons (Fsp3) is 0.357. The number of nitrogens with one attached hydrogen (secondary N) is 1. The number of para-hydroxylation sites is 1. The van der Waals surface area contributed by atoms with E-state index in [4.69, 9.17) is 0 Å². The number of aromatic nitrogens is 2. The largest absolute Gasteiger partial charge is 0.508 e.